The van der Waals surface area contributed by atoms with Crippen LogP contribution in [-0.2, 0) is 0 Å². The van der Waals surface area contributed by atoms with Gasteiger partial charge in [-0.1, -0.05) is 176 Å². The molecule has 14 saturated carbocycles. The average molecular weight is 970 g/mol. The van der Waals surface area contributed by atoms with Gasteiger partial charge in [0.15, 0.2) is 0 Å². The number of hydrogen-bond acceptors (Lipinski definition) is 0. The van der Waals surface area contributed by atoms with E-state index in [0.717, 1.165) is 172 Å². The summed E-state index contributed by atoms with van der Waals surface area (Å²) in [7, 11) is 0. The molecule has 0 N–H and O–H groups in total. The van der Waals surface area contributed by atoms with Crippen molar-refractivity contribution >= 4 is 0 Å². The maximum absolute atomic E-state index is 2.46. The molecule has 12 unspecified atom stereocenters. The van der Waals surface area contributed by atoms with Gasteiger partial charge >= 0.3 is 0 Å². The normalized spacial score (nSPS) is 40.9. The molecule has 0 spiro atoms. The lowest BCUT2D eigenvalue weighted by Gasteiger charge is -2.54. The summed E-state index contributed by atoms with van der Waals surface area (Å²) >= 11 is 0. The van der Waals surface area contributed by atoms with Gasteiger partial charge in [0.25, 0.3) is 0 Å². The zero-order valence-electron chi connectivity index (χ0n) is 46.3. The molecular formula is C69H140. The molecule has 14 aliphatic carbocycles. The van der Waals surface area contributed by atoms with Crippen LogP contribution in [0.1, 0.15) is 272 Å². The van der Waals surface area contributed by atoms with E-state index in [1.165, 1.54) is 51.4 Å². The minimum absolute atomic E-state index is 0. The zero-order valence-corrected chi connectivity index (χ0v) is 46.3. The van der Waals surface area contributed by atoms with E-state index in [9.17, 15) is 0 Å². The van der Waals surface area contributed by atoms with Gasteiger partial charge in [0.05, 0.1) is 0 Å². The van der Waals surface area contributed by atoms with Gasteiger partial charge in [-0.3, -0.25) is 0 Å². The van der Waals surface area contributed by atoms with Crippen molar-refractivity contribution in [2.75, 3.05) is 0 Å². The lowest BCUT2D eigenvalue weighted by molar-refractivity contribution is -0.0443. The first kappa shape index (κ1) is 69.0. The van der Waals surface area contributed by atoms with E-state index in [1.54, 1.807) is 44.9 Å². The van der Waals surface area contributed by atoms with Crippen LogP contribution < -0.4 is 0 Å². The van der Waals surface area contributed by atoms with E-state index in [4.69, 9.17) is 0 Å². The molecule has 0 aromatic carbocycles. The van der Waals surface area contributed by atoms with Crippen LogP contribution in [-0.4, -0.2) is 0 Å². The van der Waals surface area contributed by atoms with Crippen LogP contribution in [0.3, 0.4) is 0 Å². The molecule has 12 atom stereocenters. The molecule has 0 amide bonds. The summed E-state index contributed by atoms with van der Waals surface area (Å²) in [5.41, 5.74) is 0. The van der Waals surface area contributed by atoms with Crippen LogP contribution in [0.25, 0.3) is 0 Å². The van der Waals surface area contributed by atoms with E-state index in [2.05, 4.69) is 132 Å². The Morgan fingerprint density at radius 2 is 0.449 bits per heavy atom. The molecule has 10 bridgehead atoms. The molecule has 0 aromatic rings. The summed E-state index contributed by atoms with van der Waals surface area (Å²) in [5.74, 6) is 29.8. The molecule has 0 aromatic heterocycles. The smallest absolute Gasteiger partial charge is 0.0329 e. The minimum atomic E-state index is 0. The molecule has 14 fully saturated rings. The Balaban J connectivity index is 0.000000822. The number of fused-ring (bicyclic) bond motifs is 10. The van der Waals surface area contributed by atoms with E-state index in [1.807, 2.05) is 0 Å². The maximum atomic E-state index is 2.46. The van der Waals surface area contributed by atoms with Crippen molar-refractivity contribution < 1.29 is 0 Å². The molecule has 69 heavy (non-hydrogen) atoms. The van der Waals surface area contributed by atoms with E-state index >= 15 is 0 Å². The third-order valence-electron chi connectivity index (χ3n) is 22.4. The topological polar surface area (TPSA) is 0 Å². The summed E-state index contributed by atoms with van der Waals surface area (Å²) in [4.78, 5) is 0. The highest BCUT2D eigenvalue weighted by Crippen LogP contribution is 2.60. The van der Waals surface area contributed by atoms with Crippen LogP contribution >= 0.6 is 0 Å². The summed E-state index contributed by atoms with van der Waals surface area (Å²) in [6.07, 6.45) is 23.2. The van der Waals surface area contributed by atoms with Crippen molar-refractivity contribution in [1.82, 2.24) is 0 Å². The van der Waals surface area contributed by atoms with Gasteiger partial charge in [-0.15, -0.1) is 0 Å². The van der Waals surface area contributed by atoms with E-state index < -0.39 is 0 Å². The Morgan fingerprint density at radius 1 is 0.217 bits per heavy atom. The fourth-order valence-electron chi connectivity index (χ4n) is 20.1. The Morgan fingerprint density at radius 3 is 0.652 bits per heavy atom. The van der Waals surface area contributed by atoms with E-state index in [0.29, 0.717) is 0 Å². The lowest BCUT2D eigenvalue weighted by atomic mass is 9.51. The first-order chi connectivity index (χ1) is 29.6. The summed E-state index contributed by atoms with van der Waals surface area (Å²) < 4.78 is 0. The van der Waals surface area contributed by atoms with Gasteiger partial charge in [-0.2, -0.15) is 0 Å². The SMILES string of the molecule is C.C.C.C.C.C.CC(C)C1C2CC(C2)C1C.CC(C)C1C2CCC(C2)C1C(C)C.CC(C)C1C2CCC(CC2)C1C(C)C.CC(C)C1CC2CC(C2)C1C(C)C.CC(C)C1CC2CC(C2)C1C(C)C. The van der Waals surface area contributed by atoms with Gasteiger partial charge in [-0.25, -0.2) is 0 Å². The Kier molecular flexibility index (Phi) is 29.3. The fourth-order valence-corrected chi connectivity index (χ4v) is 20.1. The maximum Gasteiger partial charge on any atom is -0.0329 e. The van der Waals surface area contributed by atoms with Crippen LogP contribution in [0.5, 0.6) is 0 Å². The van der Waals surface area contributed by atoms with E-state index in [-0.39, 0.29) is 44.6 Å². The molecule has 14 aliphatic rings. The molecule has 0 saturated heterocycles. The second kappa shape index (κ2) is 29.3. The quantitative estimate of drug-likeness (QED) is 0.216. The monoisotopic (exact) mass is 969 g/mol. The van der Waals surface area contributed by atoms with Crippen molar-refractivity contribution in [3.8, 4) is 0 Å². The average Bonchev–Trinajstić information content (AvgIpc) is 3.97. The van der Waals surface area contributed by atoms with Gasteiger partial charge in [-0.05, 0) is 268 Å². The van der Waals surface area contributed by atoms with Gasteiger partial charge in [0.2, 0.25) is 0 Å². The molecular weight excluding hydrogens is 829 g/mol. The lowest BCUT2D eigenvalue weighted by Crippen LogP contribution is -2.46. The molecule has 0 radical (unpaired) electrons. The van der Waals surface area contributed by atoms with Crippen molar-refractivity contribution in [2.45, 2.75) is 272 Å². The summed E-state index contributed by atoms with van der Waals surface area (Å²) in [6, 6.07) is 0. The van der Waals surface area contributed by atoms with Gasteiger partial charge in [0.1, 0.15) is 0 Å². The van der Waals surface area contributed by atoms with Crippen molar-refractivity contribution in [1.29, 1.82) is 0 Å². The van der Waals surface area contributed by atoms with Gasteiger partial charge in [0, 0.05) is 0 Å². The molecule has 14 rings (SSSR count). The molecule has 0 aliphatic heterocycles. The second-order valence-corrected chi connectivity index (χ2v) is 29.1. The standard InChI is InChI=1S/C14H26.3C13H24.C10H18.6CH4/c1-9(2)13-11-5-7-12(8-6-11)14(13)10(3)4;2*1-8(2)12-7-10-5-11(6-10)13(12)9(3)4;1-8(2)12-10-5-6-11(7-10)13(12)9(3)4;1-6(2)10-7(3)8-4-9(10)5-8;;;;;;/h9-14H,5-8H2,1-4H3;3*8-13H,5-7H2,1-4H3;6-10H,4-5H2,1-3H3;6*1H4. The Hall–Kier alpha value is 0. The van der Waals surface area contributed by atoms with Crippen LogP contribution in [0.2, 0.25) is 0 Å². The first-order valence-electron chi connectivity index (χ1n) is 29.6. The minimum Gasteiger partial charge on any atom is -0.0776 e. The predicted octanol–water partition coefficient (Wildman–Crippen LogP) is 23.0. The van der Waals surface area contributed by atoms with Crippen LogP contribution in [0.15, 0.2) is 0 Å². The molecule has 0 nitrogen and oxygen atoms in total. The largest absolute Gasteiger partial charge is 0.0776 e. The Labute approximate surface area is 442 Å². The highest BCUT2D eigenvalue weighted by atomic mass is 14.6. The Bertz CT molecular complexity index is 1220. The molecule has 416 valence electrons. The van der Waals surface area contributed by atoms with Crippen molar-refractivity contribution in [2.24, 2.45) is 172 Å². The van der Waals surface area contributed by atoms with Crippen molar-refractivity contribution in [3.05, 3.63) is 0 Å². The molecule has 0 heterocycles. The number of rotatable bonds is 9. The summed E-state index contributed by atoms with van der Waals surface area (Å²) in [5, 5.41) is 0. The van der Waals surface area contributed by atoms with Crippen molar-refractivity contribution in [3.63, 3.8) is 0 Å². The predicted molar refractivity (Wildman–Crippen MR) is 319 cm³/mol. The van der Waals surface area contributed by atoms with Gasteiger partial charge < -0.3 is 0 Å². The highest BCUT2D eigenvalue weighted by Gasteiger charge is 2.52. The third-order valence-corrected chi connectivity index (χ3v) is 22.4. The highest BCUT2D eigenvalue weighted by molar-refractivity contribution is 5.01. The third kappa shape index (κ3) is 15.3. The second-order valence-electron chi connectivity index (χ2n) is 29.1. The fraction of sp³-hybridized carbons (Fsp3) is 1.00. The van der Waals surface area contributed by atoms with Crippen LogP contribution in [0, 0.1) is 172 Å². The summed E-state index contributed by atoms with van der Waals surface area (Å²) in [6.45, 7) is 46.2. The molecule has 0 heteroatoms. The zero-order chi connectivity index (χ0) is 46.3. The first-order valence-corrected chi connectivity index (χ1v) is 29.6. The number of hydrogen-bond donors (Lipinski definition) is 0. The van der Waals surface area contributed by atoms with Crippen LogP contribution in [0.4, 0.5) is 0 Å².